The predicted octanol–water partition coefficient (Wildman–Crippen LogP) is 2.47. The summed E-state index contributed by atoms with van der Waals surface area (Å²) in [6, 6.07) is 4.03. The first kappa shape index (κ1) is 13.0. The van der Waals surface area contributed by atoms with Gasteiger partial charge in [-0.05, 0) is 57.4 Å². The van der Waals surface area contributed by atoms with E-state index < -0.39 is 11.5 Å². The minimum absolute atomic E-state index is 0.106. The van der Waals surface area contributed by atoms with Crippen LogP contribution >= 0.6 is 0 Å². The van der Waals surface area contributed by atoms with E-state index in [9.17, 15) is 9.90 Å². The molecule has 1 aliphatic rings. The Labute approximate surface area is 108 Å². The number of carboxylic acid groups (broad SMARTS) is 1. The lowest BCUT2D eigenvalue weighted by Gasteiger charge is -2.45. The van der Waals surface area contributed by atoms with Crippen LogP contribution in [-0.2, 0) is 4.79 Å². The molecular formula is C14H20N2O2. The lowest BCUT2D eigenvalue weighted by atomic mass is 9.86. The fraction of sp³-hybridized carbons (Fsp3) is 0.571. The fourth-order valence-electron chi connectivity index (χ4n) is 2.81. The van der Waals surface area contributed by atoms with Gasteiger partial charge in [0.25, 0.3) is 0 Å². The van der Waals surface area contributed by atoms with Crippen LogP contribution in [0.5, 0.6) is 0 Å². The van der Waals surface area contributed by atoms with E-state index in [1.165, 1.54) is 0 Å². The van der Waals surface area contributed by atoms with E-state index in [2.05, 4.69) is 16.8 Å². The summed E-state index contributed by atoms with van der Waals surface area (Å²) >= 11 is 0. The average molecular weight is 248 g/mol. The van der Waals surface area contributed by atoms with Crippen molar-refractivity contribution in [3.8, 4) is 0 Å². The second-order valence-corrected chi connectivity index (χ2v) is 5.19. The molecule has 1 fully saturated rings. The first-order chi connectivity index (χ1) is 8.55. The lowest BCUT2D eigenvalue weighted by molar-refractivity contribution is -0.155. The van der Waals surface area contributed by atoms with Crippen LogP contribution in [0.25, 0.3) is 0 Å². The Hall–Kier alpha value is -1.42. The molecule has 1 aliphatic heterocycles. The van der Waals surface area contributed by atoms with E-state index in [0.29, 0.717) is 0 Å². The monoisotopic (exact) mass is 248 g/mol. The van der Waals surface area contributed by atoms with Gasteiger partial charge in [-0.3, -0.25) is 14.7 Å². The number of carboxylic acids is 1. The van der Waals surface area contributed by atoms with Crippen LogP contribution in [0.3, 0.4) is 0 Å². The highest BCUT2D eigenvalue weighted by molar-refractivity contribution is 5.78. The molecule has 2 unspecified atom stereocenters. The summed E-state index contributed by atoms with van der Waals surface area (Å²) in [7, 11) is 0. The standard InChI is InChI=1S/C14H20N2O2/c1-11(12-5-8-15-9-6-12)16-10-4-3-7-14(16,2)13(17)18/h5-6,8-9,11H,3-4,7,10H2,1-2H3,(H,17,18). The molecule has 4 heteroatoms. The molecular weight excluding hydrogens is 228 g/mol. The number of nitrogens with zero attached hydrogens (tertiary/aromatic N) is 2. The van der Waals surface area contributed by atoms with Crippen molar-refractivity contribution in [2.75, 3.05) is 6.54 Å². The van der Waals surface area contributed by atoms with Crippen LogP contribution in [0.15, 0.2) is 24.5 Å². The summed E-state index contributed by atoms with van der Waals surface area (Å²) in [5.74, 6) is -0.719. The van der Waals surface area contributed by atoms with Gasteiger partial charge in [0, 0.05) is 18.4 Å². The van der Waals surface area contributed by atoms with E-state index in [1.54, 1.807) is 12.4 Å². The number of rotatable bonds is 3. The van der Waals surface area contributed by atoms with Gasteiger partial charge in [0.1, 0.15) is 5.54 Å². The molecule has 0 bridgehead atoms. The van der Waals surface area contributed by atoms with Gasteiger partial charge in [0.05, 0.1) is 0 Å². The topological polar surface area (TPSA) is 53.4 Å². The quantitative estimate of drug-likeness (QED) is 0.892. The Morgan fingerprint density at radius 3 is 2.72 bits per heavy atom. The molecule has 98 valence electrons. The van der Waals surface area contributed by atoms with Crippen LogP contribution in [0, 0.1) is 0 Å². The van der Waals surface area contributed by atoms with E-state index >= 15 is 0 Å². The van der Waals surface area contributed by atoms with Crippen LogP contribution in [0.4, 0.5) is 0 Å². The zero-order valence-electron chi connectivity index (χ0n) is 11.0. The molecule has 0 spiro atoms. The number of aromatic nitrogens is 1. The van der Waals surface area contributed by atoms with Crippen molar-refractivity contribution in [1.82, 2.24) is 9.88 Å². The largest absolute Gasteiger partial charge is 0.480 e. The van der Waals surface area contributed by atoms with Crippen LogP contribution < -0.4 is 0 Å². The number of carbonyl (C=O) groups is 1. The smallest absolute Gasteiger partial charge is 0.323 e. The van der Waals surface area contributed by atoms with E-state index in [0.717, 1.165) is 31.4 Å². The Balaban J connectivity index is 2.27. The molecule has 4 nitrogen and oxygen atoms in total. The molecule has 1 aromatic heterocycles. The van der Waals surface area contributed by atoms with Gasteiger partial charge in [-0.1, -0.05) is 0 Å². The van der Waals surface area contributed by atoms with Gasteiger partial charge in [0.2, 0.25) is 0 Å². The Bertz CT molecular complexity index is 421. The maximum atomic E-state index is 11.6. The molecule has 0 radical (unpaired) electrons. The first-order valence-corrected chi connectivity index (χ1v) is 6.46. The second-order valence-electron chi connectivity index (χ2n) is 5.19. The average Bonchev–Trinajstić information content (AvgIpc) is 2.39. The molecule has 1 aromatic rings. The summed E-state index contributed by atoms with van der Waals surface area (Å²) in [4.78, 5) is 17.7. The Kier molecular flexibility index (Phi) is 3.66. The van der Waals surface area contributed by atoms with Crippen molar-refractivity contribution >= 4 is 5.97 Å². The third-order valence-electron chi connectivity index (χ3n) is 4.06. The highest BCUT2D eigenvalue weighted by atomic mass is 16.4. The van der Waals surface area contributed by atoms with Gasteiger partial charge in [-0.2, -0.15) is 0 Å². The molecule has 2 rings (SSSR count). The van der Waals surface area contributed by atoms with Crippen LogP contribution in [-0.4, -0.2) is 33.0 Å². The second kappa shape index (κ2) is 5.06. The summed E-state index contributed by atoms with van der Waals surface area (Å²) in [6.45, 7) is 4.75. The lowest BCUT2D eigenvalue weighted by Crippen LogP contribution is -2.55. The minimum Gasteiger partial charge on any atom is -0.480 e. The van der Waals surface area contributed by atoms with E-state index in [-0.39, 0.29) is 6.04 Å². The van der Waals surface area contributed by atoms with Crippen LogP contribution in [0.2, 0.25) is 0 Å². The summed E-state index contributed by atoms with van der Waals surface area (Å²) in [5, 5.41) is 9.51. The van der Waals surface area contributed by atoms with E-state index in [4.69, 9.17) is 0 Å². The van der Waals surface area contributed by atoms with E-state index in [1.807, 2.05) is 19.1 Å². The summed E-state index contributed by atoms with van der Waals surface area (Å²) < 4.78 is 0. The highest BCUT2D eigenvalue weighted by Gasteiger charge is 2.43. The zero-order chi connectivity index (χ0) is 13.2. The third kappa shape index (κ3) is 2.25. The number of likely N-dealkylation sites (tertiary alicyclic amines) is 1. The molecule has 0 aromatic carbocycles. The van der Waals surface area contributed by atoms with Crippen molar-refractivity contribution < 1.29 is 9.90 Å². The minimum atomic E-state index is -0.749. The molecule has 1 N–H and O–H groups in total. The maximum Gasteiger partial charge on any atom is 0.323 e. The number of hydrogen-bond acceptors (Lipinski definition) is 3. The molecule has 0 saturated carbocycles. The van der Waals surface area contributed by atoms with Crippen LogP contribution in [0.1, 0.15) is 44.7 Å². The van der Waals surface area contributed by atoms with Gasteiger partial charge in [-0.15, -0.1) is 0 Å². The number of aliphatic carboxylic acids is 1. The number of pyridine rings is 1. The van der Waals surface area contributed by atoms with Crippen molar-refractivity contribution in [2.24, 2.45) is 0 Å². The predicted molar refractivity (Wildman–Crippen MR) is 69.2 cm³/mol. The summed E-state index contributed by atoms with van der Waals surface area (Å²) in [5.41, 5.74) is 0.375. The maximum absolute atomic E-state index is 11.6. The first-order valence-electron chi connectivity index (χ1n) is 6.46. The molecule has 2 atom stereocenters. The Morgan fingerprint density at radius 2 is 2.11 bits per heavy atom. The molecule has 0 amide bonds. The Morgan fingerprint density at radius 1 is 1.44 bits per heavy atom. The number of piperidine rings is 1. The highest BCUT2D eigenvalue weighted by Crippen LogP contribution is 2.35. The van der Waals surface area contributed by atoms with Gasteiger partial charge >= 0.3 is 5.97 Å². The van der Waals surface area contributed by atoms with Crippen molar-refractivity contribution in [2.45, 2.75) is 44.7 Å². The fourth-order valence-corrected chi connectivity index (χ4v) is 2.81. The SMILES string of the molecule is CC(c1ccncc1)N1CCCCC1(C)C(=O)O. The molecule has 0 aliphatic carbocycles. The normalized spacial score (nSPS) is 26.8. The van der Waals surface area contributed by atoms with Crippen molar-refractivity contribution in [3.63, 3.8) is 0 Å². The molecule has 1 saturated heterocycles. The van der Waals surface area contributed by atoms with Gasteiger partial charge in [-0.25, -0.2) is 0 Å². The van der Waals surface area contributed by atoms with Gasteiger partial charge < -0.3 is 5.11 Å². The molecule has 18 heavy (non-hydrogen) atoms. The van der Waals surface area contributed by atoms with Crippen molar-refractivity contribution in [1.29, 1.82) is 0 Å². The third-order valence-corrected chi connectivity index (χ3v) is 4.06. The zero-order valence-corrected chi connectivity index (χ0v) is 11.0. The summed E-state index contributed by atoms with van der Waals surface area (Å²) in [6.07, 6.45) is 6.29. The molecule has 2 heterocycles. The van der Waals surface area contributed by atoms with Gasteiger partial charge in [0.15, 0.2) is 0 Å². The number of hydrogen-bond donors (Lipinski definition) is 1. The van der Waals surface area contributed by atoms with Crippen molar-refractivity contribution in [3.05, 3.63) is 30.1 Å².